The van der Waals surface area contributed by atoms with Crippen LogP contribution in [-0.4, -0.2) is 52.0 Å². The molecule has 0 aromatic rings. The number of carboxylic acids is 2. The third-order valence-electron chi connectivity index (χ3n) is 2.90. The van der Waals surface area contributed by atoms with Crippen LogP contribution in [0.1, 0.15) is 33.6 Å². The lowest BCUT2D eigenvalue weighted by atomic mass is 10.1. The zero-order valence-electron chi connectivity index (χ0n) is 11.0. The predicted molar refractivity (Wildman–Crippen MR) is 65.4 cm³/mol. The van der Waals surface area contributed by atoms with Gasteiger partial charge in [0.05, 0.1) is 12.0 Å². The van der Waals surface area contributed by atoms with Crippen molar-refractivity contribution < 1.29 is 24.6 Å². The van der Waals surface area contributed by atoms with E-state index in [0.29, 0.717) is 13.0 Å². The van der Waals surface area contributed by atoms with Gasteiger partial charge in [0.2, 0.25) is 0 Å². The number of nitrogens with zero attached hydrogens (tertiary/aromatic N) is 1. The Labute approximate surface area is 107 Å². The molecule has 0 aliphatic carbocycles. The lowest BCUT2D eigenvalue weighted by Gasteiger charge is -2.28. The molecule has 0 aliphatic rings. The molecule has 0 aliphatic heterocycles. The zero-order valence-corrected chi connectivity index (χ0v) is 11.0. The average Bonchev–Trinajstić information content (AvgIpc) is 2.25. The Bertz CT molecular complexity index is 316. The fraction of sp³-hybridized carbons (Fsp3) is 0.750. The van der Waals surface area contributed by atoms with Crippen LogP contribution in [0.3, 0.4) is 0 Å². The molecule has 0 saturated carbocycles. The Balaban J connectivity index is 4.47. The first-order valence-corrected chi connectivity index (χ1v) is 5.94. The van der Waals surface area contributed by atoms with Gasteiger partial charge in [0.1, 0.15) is 5.78 Å². The van der Waals surface area contributed by atoms with Crippen molar-refractivity contribution in [1.29, 1.82) is 0 Å². The Morgan fingerprint density at radius 1 is 1.17 bits per heavy atom. The monoisotopic (exact) mass is 259 g/mol. The molecule has 6 heteroatoms. The van der Waals surface area contributed by atoms with Crippen molar-refractivity contribution in [2.24, 2.45) is 5.92 Å². The minimum Gasteiger partial charge on any atom is -0.481 e. The number of hydrogen-bond acceptors (Lipinski definition) is 4. The summed E-state index contributed by atoms with van der Waals surface area (Å²) in [6, 6.07) is -0.388. The van der Waals surface area contributed by atoms with Crippen molar-refractivity contribution in [3.05, 3.63) is 0 Å². The quantitative estimate of drug-likeness (QED) is 0.637. The van der Waals surface area contributed by atoms with E-state index >= 15 is 0 Å². The highest BCUT2D eigenvalue weighted by Crippen LogP contribution is 2.08. The summed E-state index contributed by atoms with van der Waals surface area (Å²) in [5.41, 5.74) is 0. The molecule has 0 amide bonds. The molecule has 2 N–H and O–H groups in total. The Hall–Kier alpha value is -1.43. The van der Waals surface area contributed by atoms with Gasteiger partial charge in [-0.25, -0.2) is 0 Å². The van der Waals surface area contributed by atoms with Crippen LogP contribution < -0.4 is 0 Å². The second-order valence-corrected chi connectivity index (χ2v) is 4.52. The summed E-state index contributed by atoms with van der Waals surface area (Å²) >= 11 is 0. The number of carbonyl (C=O) groups excluding carboxylic acids is 1. The molecule has 104 valence electrons. The molecule has 0 radical (unpaired) electrons. The van der Waals surface area contributed by atoms with Crippen LogP contribution in [0.15, 0.2) is 0 Å². The van der Waals surface area contributed by atoms with E-state index in [1.54, 1.807) is 18.7 Å². The fourth-order valence-electron chi connectivity index (χ4n) is 1.56. The molecular formula is C12H21NO5. The maximum Gasteiger partial charge on any atom is 0.307 e. The summed E-state index contributed by atoms with van der Waals surface area (Å²) < 4.78 is 0. The first-order chi connectivity index (χ1) is 8.25. The smallest absolute Gasteiger partial charge is 0.307 e. The molecule has 0 aromatic carbocycles. The molecule has 0 fully saturated rings. The van der Waals surface area contributed by atoms with Crippen molar-refractivity contribution in [3.8, 4) is 0 Å². The molecule has 0 bridgehead atoms. The van der Waals surface area contributed by atoms with Gasteiger partial charge in [-0.05, 0) is 26.8 Å². The van der Waals surface area contributed by atoms with Gasteiger partial charge in [0.25, 0.3) is 0 Å². The Kier molecular flexibility index (Phi) is 7.19. The average molecular weight is 259 g/mol. The van der Waals surface area contributed by atoms with Crippen LogP contribution in [0.2, 0.25) is 0 Å². The minimum absolute atomic E-state index is 0.0164. The van der Waals surface area contributed by atoms with Gasteiger partial charge in [0, 0.05) is 13.0 Å². The van der Waals surface area contributed by atoms with Gasteiger partial charge in [0.15, 0.2) is 0 Å². The molecular weight excluding hydrogens is 238 g/mol. The molecule has 0 heterocycles. The molecule has 2 unspecified atom stereocenters. The van der Waals surface area contributed by atoms with Crippen molar-refractivity contribution in [1.82, 2.24) is 4.90 Å². The van der Waals surface area contributed by atoms with Crippen molar-refractivity contribution >= 4 is 17.7 Å². The zero-order chi connectivity index (χ0) is 14.3. The number of carboxylic acid groups (broad SMARTS) is 2. The maximum atomic E-state index is 11.3. The number of ketones is 1. The second-order valence-electron chi connectivity index (χ2n) is 4.52. The largest absolute Gasteiger partial charge is 0.481 e. The van der Waals surface area contributed by atoms with Gasteiger partial charge in [-0.1, -0.05) is 6.92 Å². The molecule has 6 nitrogen and oxygen atoms in total. The Morgan fingerprint density at radius 2 is 1.72 bits per heavy atom. The van der Waals surface area contributed by atoms with Gasteiger partial charge < -0.3 is 10.2 Å². The lowest BCUT2D eigenvalue weighted by molar-refractivity contribution is -0.143. The standard InChI is InChI=1S/C12H21NO5/c1-8(12(17)18)7-13(9(2)10(3)14)6-4-5-11(15)16/h8-9H,4-7H2,1-3H3,(H,15,16)(H,17,18). The van der Waals surface area contributed by atoms with Gasteiger partial charge in [-0.3, -0.25) is 19.3 Å². The first-order valence-electron chi connectivity index (χ1n) is 5.94. The van der Waals surface area contributed by atoms with E-state index in [2.05, 4.69) is 0 Å². The Morgan fingerprint density at radius 3 is 2.11 bits per heavy atom. The SMILES string of the molecule is CC(=O)C(C)N(CCCC(=O)O)CC(C)C(=O)O. The third kappa shape index (κ3) is 6.34. The van der Waals surface area contributed by atoms with Crippen LogP contribution >= 0.6 is 0 Å². The van der Waals surface area contributed by atoms with E-state index < -0.39 is 17.9 Å². The highest BCUT2D eigenvalue weighted by Gasteiger charge is 2.22. The van der Waals surface area contributed by atoms with Crippen LogP contribution in [0, 0.1) is 5.92 Å². The van der Waals surface area contributed by atoms with E-state index in [-0.39, 0.29) is 24.8 Å². The highest BCUT2D eigenvalue weighted by molar-refractivity contribution is 5.81. The molecule has 2 atom stereocenters. The maximum absolute atomic E-state index is 11.3. The van der Waals surface area contributed by atoms with Crippen LogP contribution in [-0.2, 0) is 14.4 Å². The molecule has 0 saturated heterocycles. The minimum atomic E-state index is -0.922. The number of rotatable bonds is 9. The second kappa shape index (κ2) is 7.81. The number of aliphatic carboxylic acids is 2. The van der Waals surface area contributed by atoms with Crippen molar-refractivity contribution in [2.75, 3.05) is 13.1 Å². The summed E-state index contributed by atoms with van der Waals surface area (Å²) in [7, 11) is 0. The van der Waals surface area contributed by atoms with Crippen molar-refractivity contribution in [2.45, 2.75) is 39.7 Å². The van der Waals surface area contributed by atoms with E-state index in [1.807, 2.05) is 0 Å². The molecule has 0 rings (SSSR count). The number of hydrogen-bond donors (Lipinski definition) is 2. The van der Waals surface area contributed by atoms with E-state index in [0.717, 1.165) is 0 Å². The normalized spacial score (nSPS) is 14.2. The van der Waals surface area contributed by atoms with Gasteiger partial charge in [-0.2, -0.15) is 0 Å². The van der Waals surface area contributed by atoms with Gasteiger partial charge in [-0.15, -0.1) is 0 Å². The van der Waals surface area contributed by atoms with Crippen LogP contribution in [0.25, 0.3) is 0 Å². The van der Waals surface area contributed by atoms with E-state index in [4.69, 9.17) is 10.2 Å². The number of carbonyl (C=O) groups is 3. The van der Waals surface area contributed by atoms with Gasteiger partial charge >= 0.3 is 11.9 Å². The third-order valence-corrected chi connectivity index (χ3v) is 2.90. The van der Waals surface area contributed by atoms with E-state index in [9.17, 15) is 14.4 Å². The summed E-state index contributed by atoms with van der Waals surface area (Å²) in [4.78, 5) is 34.3. The summed E-state index contributed by atoms with van der Waals surface area (Å²) in [6.45, 7) is 5.37. The molecule has 0 spiro atoms. The molecule has 0 aromatic heterocycles. The highest BCUT2D eigenvalue weighted by atomic mass is 16.4. The number of Topliss-reactive ketones (excluding diaryl/α,β-unsaturated/α-hetero) is 1. The van der Waals surface area contributed by atoms with Crippen molar-refractivity contribution in [3.63, 3.8) is 0 Å². The summed E-state index contributed by atoms with van der Waals surface area (Å²) in [5, 5.41) is 17.4. The fourth-order valence-corrected chi connectivity index (χ4v) is 1.56. The van der Waals surface area contributed by atoms with Crippen LogP contribution in [0.4, 0.5) is 0 Å². The topological polar surface area (TPSA) is 94.9 Å². The summed E-state index contributed by atoms with van der Waals surface area (Å²) in [6.07, 6.45) is 0.419. The first kappa shape index (κ1) is 16.6. The summed E-state index contributed by atoms with van der Waals surface area (Å²) in [5.74, 6) is -2.45. The van der Waals surface area contributed by atoms with Crippen LogP contribution in [0.5, 0.6) is 0 Å². The van der Waals surface area contributed by atoms with E-state index in [1.165, 1.54) is 6.92 Å². The lowest BCUT2D eigenvalue weighted by Crippen LogP contribution is -2.42. The predicted octanol–water partition coefficient (Wildman–Crippen LogP) is 0.851. The molecule has 18 heavy (non-hydrogen) atoms.